The Morgan fingerprint density at radius 2 is 2.14 bits per heavy atom. The number of hydrogen-bond acceptors (Lipinski definition) is 2. The van der Waals surface area contributed by atoms with Crippen LogP contribution in [0.2, 0.25) is 0 Å². The van der Waals surface area contributed by atoms with Crippen molar-refractivity contribution in [3.05, 3.63) is 0 Å². The minimum Gasteiger partial charge on any atom is -0.355 e. The molecule has 1 rings (SSSR count). The van der Waals surface area contributed by atoms with Gasteiger partial charge < -0.3 is 11.1 Å². The first kappa shape index (κ1) is 11.5. The zero-order valence-electron chi connectivity index (χ0n) is 9.31. The van der Waals surface area contributed by atoms with E-state index in [1.807, 2.05) is 0 Å². The van der Waals surface area contributed by atoms with Gasteiger partial charge in [0.25, 0.3) is 0 Å². The van der Waals surface area contributed by atoms with Gasteiger partial charge in [0, 0.05) is 12.5 Å². The summed E-state index contributed by atoms with van der Waals surface area (Å²) in [4.78, 5) is 11.5. The van der Waals surface area contributed by atoms with Crippen LogP contribution in [0, 0.1) is 11.3 Å². The SMILES string of the molecule is CC(C)(CCN)CNC(=O)C1CCC1. The fraction of sp³-hybridized carbons (Fsp3) is 0.909. The molecule has 1 aliphatic carbocycles. The van der Waals surface area contributed by atoms with Gasteiger partial charge in [-0.3, -0.25) is 4.79 Å². The Labute approximate surface area is 86.4 Å². The predicted molar refractivity (Wildman–Crippen MR) is 57.8 cm³/mol. The third kappa shape index (κ3) is 3.29. The van der Waals surface area contributed by atoms with Crippen molar-refractivity contribution < 1.29 is 4.79 Å². The molecule has 0 aromatic rings. The quantitative estimate of drug-likeness (QED) is 0.699. The molecule has 0 saturated heterocycles. The van der Waals surface area contributed by atoms with Crippen molar-refractivity contribution in [2.75, 3.05) is 13.1 Å². The van der Waals surface area contributed by atoms with Crippen LogP contribution in [-0.4, -0.2) is 19.0 Å². The first-order valence-corrected chi connectivity index (χ1v) is 5.53. The number of carbonyl (C=O) groups excluding carboxylic acids is 1. The van der Waals surface area contributed by atoms with Crippen LogP contribution in [0.4, 0.5) is 0 Å². The summed E-state index contributed by atoms with van der Waals surface area (Å²) in [5.41, 5.74) is 5.64. The predicted octanol–water partition coefficient (Wildman–Crippen LogP) is 1.28. The van der Waals surface area contributed by atoms with E-state index in [4.69, 9.17) is 5.73 Å². The monoisotopic (exact) mass is 198 g/mol. The van der Waals surface area contributed by atoms with Gasteiger partial charge in [-0.1, -0.05) is 20.3 Å². The topological polar surface area (TPSA) is 55.1 Å². The second-order valence-electron chi connectivity index (χ2n) is 5.05. The van der Waals surface area contributed by atoms with E-state index in [2.05, 4.69) is 19.2 Å². The van der Waals surface area contributed by atoms with E-state index in [-0.39, 0.29) is 11.3 Å². The minimum atomic E-state index is 0.133. The molecule has 14 heavy (non-hydrogen) atoms. The zero-order valence-corrected chi connectivity index (χ0v) is 9.31. The zero-order chi connectivity index (χ0) is 10.6. The summed E-state index contributed by atoms with van der Waals surface area (Å²) in [7, 11) is 0. The summed E-state index contributed by atoms with van der Waals surface area (Å²) in [6.45, 7) is 5.72. The molecule has 0 aromatic heterocycles. The van der Waals surface area contributed by atoms with Crippen molar-refractivity contribution in [1.82, 2.24) is 5.32 Å². The molecule has 1 fully saturated rings. The van der Waals surface area contributed by atoms with Gasteiger partial charge >= 0.3 is 0 Å². The number of rotatable bonds is 5. The third-order valence-electron chi connectivity index (χ3n) is 3.04. The molecule has 82 valence electrons. The van der Waals surface area contributed by atoms with Crippen molar-refractivity contribution in [3.63, 3.8) is 0 Å². The average molecular weight is 198 g/mol. The lowest BCUT2D eigenvalue weighted by Gasteiger charge is -2.28. The summed E-state index contributed by atoms with van der Waals surface area (Å²) in [5, 5.41) is 3.02. The van der Waals surface area contributed by atoms with E-state index < -0.39 is 0 Å². The second kappa shape index (κ2) is 4.78. The Balaban J connectivity index is 2.21. The Morgan fingerprint density at radius 3 is 2.57 bits per heavy atom. The Bertz CT molecular complexity index is 197. The lowest BCUT2D eigenvalue weighted by molar-refractivity contribution is -0.127. The Kier molecular flexibility index (Phi) is 3.93. The maximum absolute atomic E-state index is 11.5. The van der Waals surface area contributed by atoms with Gasteiger partial charge in [-0.15, -0.1) is 0 Å². The molecule has 0 aliphatic heterocycles. The van der Waals surface area contributed by atoms with E-state index in [9.17, 15) is 4.79 Å². The van der Waals surface area contributed by atoms with E-state index in [0.717, 1.165) is 25.8 Å². The van der Waals surface area contributed by atoms with Gasteiger partial charge in [-0.2, -0.15) is 0 Å². The van der Waals surface area contributed by atoms with Crippen LogP contribution in [0.15, 0.2) is 0 Å². The molecule has 3 heteroatoms. The highest BCUT2D eigenvalue weighted by atomic mass is 16.1. The van der Waals surface area contributed by atoms with Crippen molar-refractivity contribution >= 4 is 5.91 Å². The van der Waals surface area contributed by atoms with Crippen LogP contribution in [0.5, 0.6) is 0 Å². The summed E-state index contributed by atoms with van der Waals surface area (Å²) < 4.78 is 0. The van der Waals surface area contributed by atoms with Crippen molar-refractivity contribution in [2.45, 2.75) is 39.5 Å². The smallest absolute Gasteiger partial charge is 0.223 e. The molecule has 0 heterocycles. The van der Waals surface area contributed by atoms with Gasteiger partial charge in [0.05, 0.1) is 0 Å². The fourth-order valence-corrected chi connectivity index (χ4v) is 1.62. The molecule has 0 aromatic carbocycles. The molecule has 0 bridgehead atoms. The van der Waals surface area contributed by atoms with Gasteiger partial charge in [0.15, 0.2) is 0 Å². The summed E-state index contributed by atoms with van der Waals surface area (Å²) >= 11 is 0. The standard InChI is InChI=1S/C11H22N2O/c1-11(2,6-7-12)8-13-10(14)9-4-3-5-9/h9H,3-8,12H2,1-2H3,(H,13,14). The number of nitrogens with two attached hydrogens (primary N) is 1. The van der Waals surface area contributed by atoms with Gasteiger partial charge in [-0.05, 0) is 31.2 Å². The maximum atomic E-state index is 11.5. The number of nitrogens with one attached hydrogen (secondary N) is 1. The highest BCUT2D eigenvalue weighted by Crippen LogP contribution is 2.26. The average Bonchev–Trinajstić information content (AvgIpc) is 1.98. The van der Waals surface area contributed by atoms with Crippen LogP contribution in [0.25, 0.3) is 0 Å². The Morgan fingerprint density at radius 1 is 1.50 bits per heavy atom. The number of hydrogen-bond donors (Lipinski definition) is 2. The van der Waals surface area contributed by atoms with E-state index in [0.29, 0.717) is 12.5 Å². The highest BCUT2D eigenvalue weighted by Gasteiger charge is 2.26. The number of amides is 1. The highest BCUT2D eigenvalue weighted by molar-refractivity contribution is 5.79. The molecule has 0 atom stereocenters. The van der Waals surface area contributed by atoms with Crippen LogP contribution in [-0.2, 0) is 4.79 Å². The molecule has 3 nitrogen and oxygen atoms in total. The molecule has 0 unspecified atom stereocenters. The van der Waals surface area contributed by atoms with E-state index >= 15 is 0 Å². The molecule has 3 N–H and O–H groups in total. The number of carbonyl (C=O) groups is 1. The van der Waals surface area contributed by atoms with Gasteiger partial charge in [-0.25, -0.2) is 0 Å². The minimum absolute atomic E-state index is 0.133. The lowest BCUT2D eigenvalue weighted by Crippen LogP contribution is -2.40. The Hall–Kier alpha value is -0.570. The van der Waals surface area contributed by atoms with E-state index in [1.165, 1.54) is 6.42 Å². The first-order chi connectivity index (χ1) is 6.55. The lowest BCUT2D eigenvalue weighted by atomic mass is 9.84. The molecule has 1 amide bonds. The van der Waals surface area contributed by atoms with Gasteiger partial charge in [0.1, 0.15) is 0 Å². The second-order valence-corrected chi connectivity index (χ2v) is 5.05. The van der Waals surface area contributed by atoms with Crippen LogP contribution < -0.4 is 11.1 Å². The molecule has 0 spiro atoms. The van der Waals surface area contributed by atoms with Crippen LogP contribution >= 0.6 is 0 Å². The van der Waals surface area contributed by atoms with Gasteiger partial charge in [0.2, 0.25) is 5.91 Å². The normalized spacial score (nSPS) is 17.6. The van der Waals surface area contributed by atoms with E-state index in [1.54, 1.807) is 0 Å². The van der Waals surface area contributed by atoms with Crippen molar-refractivity contribution in [3.8, 4) is 0 Å². The molecule has 1 saturated carbocycles. The van der Waals surface area contributed by atoms with Crippen molar-refractivity contribution in [1.29, 1.82) is 0 Å². The third-order valence-corrected chi connectivity index (χ3v) is 3.04. The fourth-order valence-electron chi connectivity index (χ4n) is 1.62. The summed E-state index contributed by atoms with van der Waals surface area (Å²) in [6, 6.07) is 0. The maximum Gasteiger partial charge on any atom is 0.223 e. The van der Waals surface area contributed by atoms with Crippen LogP contribution in [0.1, 0.15) is 39.5 Å². The summed E-state index contributed by atoms with van der Waals surface area (Å²) in [6.07, 6.45) is 4.31. The molecular weight excluding hydrogens is 176 g/mol. The largest absolute Gasteiger partial charge is 0.355 e. The summed E-state index contributed by atoms with van der Waals surface area (Å²) in [5.74, 6) is 0.532. The molecular formula is C11H22N2O. The van der Waals surface area contributed by atoms with Crippen LogP contribution in [0.3, 0.4) is 0 Å². The molecule has 0 radical (unpaired) electrons. The van der Waals surface area contributed by atoms with Crippen molar-refractivity contribution in [2.24, 2.45) is 17.1 Å². The first-order valence-electron chi connectivity index (χ1n) is 5.53. The molecule has 1 aliphatic rings.